The number of benzene rings is 2. The lowest BCUT2D eigenvalue weighted by molar-refractivity contribution is 0.457. The number of rotatable bonds is 3. The van der Waals surface area contributed by atoms with E-state index in [1.807, 2.05) is 0 Å². The van der Waals surface area contributed by atoms with Gasteiger partial charge in [-0.3, -0.25) is 0 Å². The van der Waals surface area contributed by atoms with Gasteiger partial charge in [-0.1, -0.05) is 11.6 Å². The summed E-state index contributed by atoms with van der Waals surface area (Å²) in [5, 5.41) is 0.535. The van der Waals surface area contributed by atoms with Gasteiger partial charge < -0.3 is 10.5 Å². The zero-order chi connectivity index (χ0) is 13.1. The number of hydrogen-bond acceptors (Lipinski definition) is 2. The van der Waals surface area contributed by atoms with E-state index >= 15 is 0 Å². The Balaban J connectivity index is 2.30. The first-order chi connectivity index (χ1) is 8.60. The van der Waals surface area contributed by atoms with Gasteiger partial charge in [0.2, 0.25) is 0 Å². The van der Waals surface area contributed by atoms with Crippen LogP contribution in [0.25, 0.3) is 0 Å². The molecule has 0 spiro atoms. The second-order valence-electron chi connectivity index (χ2n) is 3.63. The van der Waals surface area contributed by atoms with Gasteiger partial charge in [0.25, 0.3) is 0 Å². The van der Waals surface area contributed by atoms with E-state index in [9.17, 15) is 8.78 Å². The highest BCUT2D eigenvalue weighted by molar-refractivity contribution is 6.30. The predicted molar refractivity (Wildman–Crippen MR) is 65.8 cm³/mol. The van der Waals surface area contributed by atoms with Crippen molar-refractivity contribution in [3.63, 3.8) is 0 Å². The van der Waals surface area contributed by atoms with Crippen molar-refractivity contribution < 1.29 is 13.5 Å². The van der Waals surface area contributed by atoms with Crippen LogP contribution in [-0.2, 0) is 6.54 Å². The summed E-state index contributed by atoms with van der Waals surface area (Å²) in [6.45, 7) is 0.236. The molecule has 0 aromatic heterocycles. The Morgan fingerprint density at radius 3 is 2.50 bits per heavy atom. The van der Waals surface area contributed by atoms with Crippen molar-refractivity contribution >= 4 is 11.6 Å². The fourth-order valence-electron chi connectivity index (χ4n) is 1.47. The predicted octanol–water partition coefficient (Wildman–Crippen LogP) is 3.87. The maximum atomic E-state index is 13.0. The zero-order valence-corrected chi connectivity index (χ0v) is 10.0. The van der Waals surface area contributed by atoms with E-state index in [2.05, 4.69) is 0 Å². The first-order valence-electron chi connectivity index (χ1n) is 5.21. The van der Waals surface area contributed by atoms with Crippen molar-refractivity contribution in [3.05, 3.63) is 58.6 Å². The molecule has 2 N–H and O–H groups in total. The molecule has 0 aliphatic rings. The Kier molecular flexibility index (Phi) is 3.79. The van der Waals surface area contributed by atoms with Gasteiger partial charge in [0, 0.05) is 23.2 Å². The molecule has 0 amide bonds. The lowest BCUT2D eigenvalue weighted by Crippen LogP contribution is -1.99. The molecule has 2 nitrogen and oxygen atoms in total. The summed E-state index contributed by atoms with van der Waals surface area (Å²) < 4.78 is 31.2. The molecule has 0 fully saturated rings. The van der Waals surface area contributed by atoms with Crippen LogP contribution in [0, 0.1) is 11.6 Å². The molecule has 5 heteroatoms. The number of halogens is 3. The van der Waals surface area contributed by atoms with Crippen molar-refractivity contribution in [3.8, 4) is 11.5 Å². The summed E-state index contributed by atoms with van der Waals surface area (Å²) in [6.07, 6.45) is 0. The number of ether oxygens (including phenoxy) is 1. The lowest BCUT2D eigenvalue weighted by atomic mass is 10.2. The van der Waals surface area contributed by atoms with Crippen molar-refractivity contribution in [1.29, 1.82) is 0 Å². The molecule has 0 atom stereocenters. The molecule has 0 aliphatic heterocycles. The minimum atomic E-state index is -0.962. The maximum Gasteiger partial charge on any atom is 0.162 e. The lowest BCUT2D eigenvalue weighted by Gasteiger charge is -2.10. The normalized spacial score (nSPS) is 10.4. The van der Waals surface area contributed by atoms with Crippen LogP contribution in [0.1, 0.15) is 5.56 Å². The van der Waals surface area contributed by atoms with Gasteiger partial charge in [0.1, 0.15) is 11.5 Å². The Bertz CT molecular complexity index is 575. The summed E-state index contributed by atoms with van der Waals surface area (Å²) in [4.78, 5) is 0. The van der Waals surface area contributed by atoms with Gasteiger partial charge >= 0.3 is 0 Å². The molecule has 2 aromatic rings. The summed E-state index contributed by atoms with van der Waals surface area (Å²) >= 11 is 5.82. The highest BCUT2D eigenvalue weighted by Crippen LogP contribution is 2.28. The summed E-state index contributed by atoms with van der Waals surface area (Å²) in [5.74, 6) is -1.22. The Hall–Kier alpha value is -1.65. The number of hydrogen-bond donors (Lipinski definition) is 1. The average Bonchev–Trinajstić information content (AvgIpc) is 2.36. The molecule has 0 bridgehead atoms. The Morgan fingerprint density at radius 1 is 1.06 bits per heavy atom. The highest BCUT2D eigenvalue weighted by atomic mass is 35.5. The molecule has 0 saturated heterocycles. The van der Waals surface area contributed by atoms with Gasteiger partial charge in [-0.25, -0.2) is 8.78 Å². The highest BCUT2D eigenvalue weighted by Gasteiger charge is 2.07. The number of nitrogens with two attached hydrogens (primary N) is 1. The largest absolute Gasteiger partial charge is 0.457 e. The van der Waals surface area contributed by atoms with Crippen LogP contribution in [-0.4, -0.2) is 0 Å². The summed E-state index contributed by atoms with van der Waals surface area (Å²) in [7, 11) is 0. The second-order valence-corrected chi connectivity index (χ2v) is 4.07. The van der Waals surface area contributed by atoms with E-state index in [4.69, 9.17) is 22.1 Å². The Morgan fingerprint density at radius 2 is 1.83 bits per heavy atom. The standard InChI is InChI=1S/C13H10ClF2NO/c14-9-1-4-13(8(5-9)7-17)18-10-2-3-11(15)12(16)6-10/h1-6H,7,17H2. The molecular weight excluding hydrogens is 260 g/mol. The maximum absolute atomic E-state index is 13.0. The second kappa shape index (κ2) is 5.33. The van der Waals surface area contributed by atoms with E-state index < -0.39 is 11.6 Å². The van der Waals surface area contributed by atoms with E-state index in [0.29, 0.717) is 16.3 Å². The van der Waals surface area contributed by atoms with Gasteiger partial charge in [-0.2, -0.15) is 0 Å². The smallest absolute Gasteiger partial charge is 0.162 e. The van der Waals surface area contributed by atoms with E-state index in [1.54, 1.807) is 18.2 Å². The minimum Gasteiger partial charge on any atom is -0.457 e. The van der Waals surface area contributed by atoms with Gasteiger partial charge in [0.15, 0.2) is 11.6 Å². The fourth-order valence-corrected chi connectivity index (χ4v) is 1.67. The average molecular weight is 270 g/mol. The first-order valence-corrected chi connectivity index (χ1v) is 5.59. The van der Waals surface area contributed by atoms with Crippen molar-refractivity contribution in [2.75, 3.05) is 0 Å². The topological polar surface area (TPSA) is 35.2 Å². The van der Waals surface area contributed by atoms with Crippen LogP contribution < -0.4 is 10.5 Å². The Labute approximate surface area is 108 Å². The molecular formula is C13H10ClF2NO. The van der Waals surface area contributed by atoms with Gasteiger partial charge in [-0.05, 0) is 30.3 Å². The van der Waals surface area contributed by atoms with Crippen LogP contribution in [0.5, 0.6) is 11.5 Å². The molecule has 0 heterocycles. The van der Waals surface area contributed by atoms with Crippen LogP contribution in [0.3, 0.4) is 0 Å². The SMILES string of the molecule is NCc1cc(Cl)ccc1Oc1ccc(F)c(F)c1. The van der Waals surface area contributed by atoms with Crippen LogP contribution in [0.4, 0.5) is 8.78 Å². The van der Waals surface area contributed by atoms with E-state index in [1.165, 1.54) is 6.07 Å². The monoisotopic (exact) mass is 269 g/mol. The molecule has 94 valence electrons. The fraction of sp³-hybridized carbons (Fsp3) is 0.0769. The van der Waals surface area contributed by atoms with Gasteiger partial charge in [-0.15, -0.1) is 0 Å². The third-order valence-corrected chi connectivity index (χ3v) is 2.60. The zero-order valence-electron chi connectivity index (χ0n) is 9.29. The van der Waals surface area contributed by atoms with E-state index in [-0.39, 0.29) is 12.3 Å². The molecule has 2 aromatic carbocycles. The molecule has 0 radical (unpaired) electrons. The van der Waals surface area contributed by atoms with E-state index in [0.717, 1.165) is 12.1 Å². The van der Waals surface area contributed by atoms with Crippen LogP contribution >= 0.6 is 11.6 Å². The minimum absolute atomic E-state index is 0.200. The molecule has 18 heavy (non-hydrogen) atoms. The van der Waals surface area contributed by atoms with Crippen LogP contribution in [0.15, 0.2) is 36.4 Å². The first kappa shape index (κ1) is 12.8. The third kappa shape index (κ3) is 2.78. The molecule has 2 rings (SSSR count). The molecule has 0 saturated carbocycles. The van der Waals surface area contributed by atoms with Crippen molar-refractivity contribution in [1.82, 2.24) is 0 Å². The third-order valence-electron chi connectivity index (χ3n) is 2.36. The molecule has 0 aliphatic carbocycles. The van der Waals surface area contributed by atoms with Crippen molar-refractivity contribution in [2.24, 2.45) is 5.73 Å². The van der Waals surface area contributed by atoms with Crippen molar-refractivity contribution in [2.45, 2.75) is 6.54 Å². The molecule has 0 unspecified atom stereocenters. The van der Waals surface area contributed by atoms with Gasteiger partial charge in [0.05, 0.1) is 0 Å². The van der Waals surface area contributed by atoms with Crippen LogP contribution in [0.2, 0.25) is 5.02 Å². The summed E-state index contributed by atoms with van der Waals surface area (Å²) in [5.41, 5.74) is 6.24. The quantitative estimate of drug-likeness (QED) is 0.918. The summed E-state index contributed by atoms with van der Waals surface area (Å²) in [6, 6.07) is 8.25.